The number of nitrogens with zero attached hydrogens (tertiary/aromatic N) is 2. The number of nitrogens with one attached hydrogen (secondary N) is 1. The number of ether oxygens (including phenoxy) is 2. The third kappa shape index (κ3) is 6.04. The van der Waals surface area contributed by atoms with Gasteiger partial charge in [0.25, 0.3) is 5.56 Å². The van der Waals surface area contributed by atoms with Gasteiger partial charge in [-0.2, -0.15) is 4.31 Å². The molecule has 0 saturated carbocycles. The van der Waals surface area contributed by atoms with Crippen LogP contribution >= 0.6 is 27.3 Å². The number of hydrogen-bond donors (Lipinski definition) is 1. The summed E-state index contributed by atoms with van der Waals surface area (Å²) in [5.74, 6) is -1.60. The number of rotatable bonds is 9. The van der Waals surface area contributed by atoms with Gasteiger partial charge in [0.15, 0.2) is 0 Å². The lowest BCUT2D eigenvalue weighted by Gasteiger charge is -2.23. The van der Waals surface area contributed by atoms with E-state index < -0.39 is 40.6 Å². The average Bonchev–Trinajstić information content (AvgIpc) is 3.34. The summed E-state index contributed by atoms with van der Waals surface area (Å²) >= 11 is 4.56. The van der Waals surface area contributed by atoms with Crippen LogP contribution in [0.5, 0.6) is 0 Å². The van der Waals surface area contributed by atoms with Gasteiger partial charge in [0, 0.05) is 23.7 Å². The van der Waals surface area contributed by atoms with Crippen LogP contribution in [0.1, 0.15) is 32.2 Å². The Morgan fingerprint density at radius 2 is 1.86 bits per heavy atom. The van der Waals surface area contributed by atoms with E-state index in [2.05, 4.69) is 30.6 Å². The summed E-state index contributed by atoms with van der Waals surface area (Å²) in [7, 11) is -1.91. The standard InChI is InChI=1S/C22H22BrN3O7S2/c1-13-4-6-14(7-5-13)35(30,31)26(12-18(27)32-2)11-16-19(22(29)33-3)15(20(23)21(28)25-16)10-17-24-8-9-34-17/h4-9H,10-12H2,1-3H3,(H,25,28). The maximum Gasteiger partial charge on any atom is 0.340 e. The summed E-state index contributed by atoms with van der Waals surface area (Å²) in [4.78, 5) is 44.4. The van der Waals surface area contributed by atoms with Crippen LogP contribution in [-0.4, -0.2) is 55.4 Å². The number of pyridine rings is 1. The third-order valence-corrected chi connectivity index (χ3v) is 8.48. The van der Waals surface area contributed by atoms with Crippen molar-refractivity contribution in [2.75, 3.05) is 20.8 Å². The van der Waals surface area contributed by atoms with E-state index in [4.69, 9.17) is 4.74 Å². The number of esters is 2. The molecule has 10 nitrogen and oxygen atoms in total. The molecule has 1 N–H and O–H groups in total. The zero-order chi connectivity index (χ0) is 25.8. The molecule has 0 saturated heterocycles. The molecular weight excluding hydrogens is 562 g/mol. The molecule has 0 atom stereocenters. The maximum atomic E-state index is 13.4. The van der Waals surface area contributed by atoms with Crippen LogP contribution in [0, 0.1) is 6.92 Å². The number of carbonyl (C=O) groups excluding carboxylic acids is 2. The summed E-state index contributed by atoms with van der Waals surface area (Å²) < 4.78 is 37.4. The Hall–Kier alpha value is -2.87. The predicted molar refractivity (Wildman–Crippen MR) is 132 cm³/mol. The van der Waals surface area contributed by atoms with Gasteiger partial charge < -0.3 is 14.5 Å². The number of H-pyrrole nitrogens is 1. The highest BCUT2D eigenvalue weighted by molar-refractivity contribution is 9.10. The first-order chi connectivity index (χ1) is 16.6. The van der Waals surface area contributed by atoms with E-state index in [-0.39, 0.29) is 32.6 Å². The number of aromatic amines is 1. The van der Waals surface area contributed by atoms with Crippen LogP contribution in [0.15, 0.2) is 50.0 Å². The molecule has 0 unspecified atom stereocenters. The summed E-state index contributed by atoms with van der Waals surface area (Å²) in [6.07, 6.45) is 1.72. The third-order valence-electron chi connectivity index (χ3n) is 5.06. The number of methoxy groups -OCH3 is 2. The Morgan fingerprint density at radius 1 is 1.17 bits per heavy atom. The van der Waals surface area contributed by atoms with Crippen LogP contribution in [0.25, 0.3) is 0 Å². The van der Waals surface area contributed by atoms with Gasteiger partial charge in [0.1, 0.15) is 6.54 Å². The molecule has 3 rings (SSSR count). The molecule has 1 aromatic carbocycles. The lowest BCUT2D eigenvalue weighted by molar-refractivity contribution is -0.140. The number of aromatic nitrogens is 2. The van der Waals surface area contributed by atoms with Gasteiger partial charge >= 0.3 is 11.9 Å². The molecule has 2 heterocycles. The smallest absolute Gasteiger partial charge is 0.340 e. The molecule has 0 bridgehead atoms. The molecule has 3 aromatic rings. The topological polar surface area (TPSA) is 136 Å². The average molecular weight is 584 g/mol. The largest absolute Gasteiger partial charge is 0.468 e. The lowest BCUT2D eigenvalue weighted by Crippen LogP contribution is -2.37. The van der Waals surface area contributed by atoms with Crippen molar-refractivity contribution in [3.63, 3.8) is 0 Å². The normalized spacial score (nSPS) is 11.5. The second-order valence-corrected chi connectivity index (χ2v) is 11.1. The van der Waals surface area contributed by atoms with Crippen molar-refractivity contribution in [3.05, 3.63) is 78.1 Å². The van der Waals surface area contributed by atoms with E-state index in [1.165, 1.54) is 30.6 Å². The summed E-state index contributed by atoms with van der Waals surface area (Å²) in [5, 5.41) is 2.38. The monoisotopic (exact) mass is 583 g/mol. The van der Waals surface area contributed by atoms with E-state index in [1.54, 1.807) is 23.7 Å². The number of sulfonamides is 1. The van der Waals surface area contributed by atoms with E-state index in [0.29, 0.717) is 5.01 Å². The van der Waals surface area contributed by atoms with E-state index >= 15 is 0 Å². The molecule has 0 aliphatic carbocycles. The zero-order valence-corrected chi connectivity index (χ0v) is 22.3. The molecule has 0 radical (unpaired) electrons. The Labute approximate surface area is 214 Å². The van der Waals surface area contributed by atoms with Crippen molar-refractivity contribution in [1.29, 1.82) is 0 Å². The van der Waals surface area contributed by atoms with Crippen molar-refractivity contribution in [1.82, 2.24) is 14.3 Å². The first-order valence-electron chi connectivity index (χ1n) is 10.1. The number of thiazole rings is 1. The zero-order valence-electron chi connectivity index (χ0n) is 19.0. The lowest BCUT2D eigenvalue weighted by atomic mass is 10.0. The predicted octanol–water partition coefficient (Wildman–Crippen LogP) is 2.64. The van der Waals surface area contributed by atoms with E-state index in [0.717, 1.165) is 17.0 Å². The highest BCUT2D eigenvalue weighted by Crippen LogP contribution is 2.27. The number of carbonyl (C=O) groups is 2. The molecule has 35 heavy (non-hydrogen) atoms. The number of halogens is 1. The van der Waals surface area contributed by atoms with Crippen molar-refractivity contribution in [2.45, 2.75) is 24.8 Å². The molecule has 0 fully saturated rings. The van der Waals surface area contributed by atoms with Gasteiger partial charge in [-0.15, -0.1) is 11.3 Å². The van der Waals surface area contributed by atoms with Crippen LogP contribution in [0.2, 0.25) is 0 Å². The van der Waals surface area contributed by atoms with Gasteiger partial charge in [-0.3, -0.25) is 9.59 Å². The fourth-order valence-corrected chi connectivity index (χ4v) is 5.70. The second kappa shape index (κ2) is 11.2. The van der Waals surface area contributed by atoms with Gasteiger partial charge in [-0.05, 0) is 40.5 Å². The van der Waals surface area contributed by atoms with Crippen LogP contribution in [0.3, 0.4) is 0 Å². The number of hydrogen-bond acceptors (Lipinski definition) is 9. The molecule has 13 heteroatoms. The Bertz CT molecular complexity index is 1390. The SMILES string of the molecule is COC(=O)CN(Cc1[nH]c(=O)c(Br)c(Cc2nccs2)c1C(=O)OC)S(=O)(=O)c1ccc(C)cc1. The number of benzene rings is 1. The van der Waals surface area contributed by atoms with Crippen molar-refractivity contribution in [3.8, 4) is 0 Å². The first-order valence-corrected chi connectivity index (χ1v) is 13.2. The maximum absolute atomic E-state index is 13.4. The van der Waals surface area contributed by atoms with Crippen molar-refractivity contribution >= 4 is 49.2 Å². The fraction of sp³-hybridized carbons (Fsp3) is 0.273. The van der Waals surface area contributed by atoms with Gasteiger partial charge in [0.05, 0.1) is 40.7 Å². The van der Waals surface area contributed by atoms with Gasteiger partial charge in [-0.25, -0.2) is 18.2 Å². The highest BCUT2D eigenvalue weighted by atomic mass is 79.9. The number of aryl methyl sites for hydroxylation is 1. The van der Waals surface area contributed by atoms with E-state index in [9.17, 15) is 22.8 Å². The molecule has 0 amide bonds. The van der Waals surface area contributed by atoms with Crippen LogP contribution in [-0.2, 0) is 37.3 Å². The molecule has 0 spiro atoms. The summed E-state index contributed by atoms with van der Waals surface area (Å²) in [6.45, 7) is 0.665. The van der Waals surface area contributed by atoms with E-state index in [1.807, 2.05) is 6.92 Å². The minimum absolute atomic E-state index is 0.0249. The molecular formula is C22H22BrN3O7S2. The first kappa shape index (κ1) is 26.7. The highest BCUT2D eigenvalue weighted by Gasteiger charge is 2.31. The molecule has 0 aliphatic rings. The van der Waals surface area contributed by atoms with Crippen molar-refractivity contribution < 1.29 is 27.5 Å². The Balaban J connectivity index is 2.17. The Morgan fingerprint density at radius 3 is 2.43 bits per heavy atom. The van der Waals surface area contributed by atoms with Crippen LogP contribution < -0.4 is 5.56 Å². The van der Waals surface area contributed by atoms with Gasteiger partial charge in [0.2, 0.25) is 10.0 Å². The van der Waals surface area contributed by atoms with Crippen molar-refractivity contribution in [2.24, 2.45) is 0 Å². The molecule has 2 aromatic heterocycles. The summed E-state index contributed by atoms with van der Waals surface area (Å²) in [6, 6.07) is 6.07. The second-order valence-electron chi connectivity index (χ2n) is 7.36. The molecule has 186 valence electrons. The summed E-state index contributed by atoms with van der Waals surface area (Å²) in [5.41, 5.74) is 0.501. The minimum atomic E-state index is -4.22. The van der Waals surface area contributed by atoms with Gasteiger partial charge in [-0.1, -0.05) is 17.7 Å². The Kier molecular flexibility index (Phi) is 8.59. The molecule has 0 aliphatic heterocycles. The quantitative estimate of drug-likeness (QED) is 0.380. The fourth-order valence-electron chi connectivity index (χ4n) is 3.28. The van der Waals surface area contributed by atoms with Crippen LogP contribution in [0.4, 0.5) is 0 Å². The minimum Gasteiger partial charge on any atom is -0.468 e.